The van der Waals surface area contributed by atoms with Gasteiger partial charge in [0, 0.05) is 33.0 Å². The zero-order valence-corrected chi connectivity index (χ0v) is 39.1. The van der Waals surface area contributed by atoms with Gasteiger partial charge in [0.1, 0.15) is 11.0 Å². The molecular weight excluding hydrogens is 897 g/mol. The van der Waals surface area contributed by atoms with E-state index in [1.807, 2.05) is 72.8 Å². The van der Waals surface area contributed by atoms with Gasteiger partial charge < -0.3 is 8.83 Å². The van der Waals surface area contributed by atoms with Gasteiger partial charge >= 0.3 is 0 Å². The van der Waals surface area contributed by atoms with Gasteiger partial charge in [0.2, 0.25) is 17.7 Å². The summed E-state index contributed by atoms with van der Waals surface area (Å²) in [6, 6.07) is 83.3. The van der Waals surface area contributed by atoms with Crippen molar-refractivity contribution in [3.8, 4) is 96.1 Å². The Bertz CT molecular complexity index is 4090. The van der Waals surface area contributed by atoms with E-state index >= 15 is 0 Å². The smallest absolute Gasteiger partial charge is 0.238 e. The molecule has 0 aliphatic heterocycles. The van der Waals surface area contributed by atoms with Crippen molar-refractivity contribution in [2.45, 2.75) is 0 Å². The van der Waals surface area contributed by atoms with Crippen molar-refractivity contribution >= 4 is 44.0 Å². The number of para-hydroxylation sites is 2. The lowest BCUT2D eigenvalue weighted by atomic mass is 9.98. The van der Waals surface area contributed by atoms with Gasteiger partial charge in [-0.05, 0) is 117 Å². The van der Waals surface area contributed by atoms with Crippen LogP contribution in [-0.2, 0) is 0 Å². The van der Waals surface area contributed by atoms with Crippen molar-refractivity contribution in [2.75, 3.05) is 0 Å². The molecule has 10 aromatic carbocycles. The Morgan fingerprint density at radius 2 is 0.616 bits per heavy atom. The topological polar surface area (TPSA) is 95.7 Å². The second kappa shape index (κ2) is 17.4. The first kappa shape index (κ1) is 41.9. The molecule has 0 fully saturated rings. The van der Waals surface area contributed by atoms with Crippen LogP contribution < -0.4 is 0 Å². The number of hydrogen-bond acceptors (Lipinski definition) is 7. The molecule has 0 N–H and O–H groups in total. The first-order valence-electron chi connectivity index (χ1n) is 24.2. The van der Waals surface area contributed by atoms with Gasteiger partial charge in [-0.2, -0.15) is 9.97 Å². The minimum absolute atomic E-state index is 0.543. The average Bonchev–Trinajstić information content (AvgIpc) is 4.20. The molecule has 14 aromatic rings. The maximum Gasteiger partial charge on any atom is 0.238 e. The molecule has 0 aliphatic carbocycles. The highest BCUT2D eigenvalue weighted by atomic mass is 16.4. The predicted octanol–water partition coefficient (Wildman–Crippen LogP) is 16.6. The third-order valence-electron chi connectivity index (χ3n) is 13.6. The Balaban J connectivity index is 0.810. The van der Waals surface area contributed by atoms with Crippen LogP contribution in [0.15, 0.2) is 251 Å². The summed E-state index contributed by atoms with van der Waals surface area (Å²) in [7, 11) is 0. The number of fused-ring (bicyclic) bond motifs is 5. The molecule has 4 aromatic heterocycles. The van der Waals surface area contributed by atoms with E-state index in [2.05, 4.69) is 174 Å². The maximum absolute atomic E-state index is 6.10. The normalized spacial score (nSPS) is 11.6. The van der Waals surface area contributed by atoms with Crippen molar-refractivity contribution in [2.24, 2.45) is 0 Å². The molecule has 0 saturated heterocycles. The summed E-state index contributed by atoms with van der Waals surface area (Å²) in [6.07, 6.45) is 0. The molecule has 0 bridgehead atoms. The second-order valence-electron chi connectivity index (χ2n) is 18.1. The quantitative estimate of drug-likeness (QED) is 0.142. The molecular formula is C65H40N6O2. The third kappa shape index (κ3) is 7.71. The molecule has 73 heavy (non-hydrogen) atoms. The van der Waals surface area contributed by atoms with Crippen LogP contribution in [0.1, 0.15) is 0 Å². The van der Waals surface area contributed by atoms with E-state index in [4.69, 9.17) is 33.8 Å². The van der Waals surface area contributed by atoms with Crippen LogP contribution in [0.4, 0.5) is 0 Å². The van der Waals surface area contributed by atoms with Crippen LogP contribution in [-0.4, -0.2) is 29.5 Å². The highest BCUT2D eigenvalue weighted by Crippen LogP contribution is 2.36. The van der Waals surface area contributed by atoms with E-state index in [-0.39, 0.29) is 0 Å². The first-order valence-corrected chi connectivity index (χ1v) is 24.2. The highest BCUT2D eigenvalue weighted by molar-refractivity contribution is 6.09. The predicted molar refractivity (Wildman–Crippen MR) is 293 cm³/mol. The van der Waals surface area contributed by atoms with Crippen LogP contribution in [0.2, 0.25) is 0 Å². The summed E-state index contributed by atoms with van der Waals surface area (Å²) < 4.78 is 14.3. The number of hydrogen-bond donors (Lipinski definition) is 0. The molecule has 0 aliphatic rings. The summed E-state index contributed by atoms with van der Waals surface area (Å²) in [5, 5.41) is 2.27. The first-order chi connectivity index (χ1) is 36.1. The second-order valence-corrected chi connectivity index (χ2v) is 18.1. The fraction of sp³-hybridized carbons (Fsp3) is 0. The van der Waals surface area contributed by atoms with E-state index < -0.39 is 0 Å². The number of rotatable bonds is 9. The van der Waals surface area contributed by atoms with Gasteiger partial charge in [-0.1, -0.05) is 170 Å². The lowest BCUT2D eigenvalue weighted by Crippen LogP contribution is -2.06. The molecule has 0 amide bonds. The van der Waals surface area contributed by atoms with Gasteiger partial charge in [-0.15, -0.1) is 0 Å². The summed E-state index contributed by atoms with van der Waals surface area (Å²) in [6.45, 7) is 0. The van der Waals surface area contributed by atoms with Crippen LogP contribution in [0.25, 0.3) is 140 Å². The van der Waals surface area contributed by atoms with Crippen molar-refractivity contribution in [1.29, 1.82) is 0 Å². The average molecular weight is 937 g/mol. The molecule has 8 nitrogen and oxygen atoms in total. The Kier molecular flexibility index (Phi) is 9.99. The SMILES string of the molecule is c1ccc(-c2nc3cc(-c4ccc(-c5cccc(-c6nc(-c7cccc(-c8ccc(-c9ccc%10oc(-c%11ccccc%11)nc%10c9)cc8)c7)nc(-n7c8ccccc8c8ccccc87)n6)c5)cc4)ccc3o2)cc1. The van der Waals surface area contributed by atoms with Gasteiger partial charge in [-0.25, -0.2) is 15.0 Å². The molecule has 342 valence electrons. The molecule has 0 saturated carbocycles. The maximum atomic E-state index is 6.10. The summed E-state index contributed by atoms with van der Waals surface area (Å²) in [4.78, 5) is 25.4. The summed E-state index contributed by atoms with van der Waals surface area (Å²) >= 11 is 0. The van der Waals surface area contributed by atoms with Gasteiger partial charge in [0.25, 0.3) is 0 Å². The Morgan fingerprint density at radius 1 is 0.260 bits per heavy atom. The Morgan fingerprint density at radius 3 is 1.05 bits per heavy atom. The van der Waals surface area contributed by atoms with Gasteiger partial charge in [-0.3, -0.25) is 4.57 Å². The summed E-state index contributed by atoms with van der Waals surface area (Å²) in [5.74, 6) is 2.92. The lowest BCUT2D eigenvalue weighted by molar-refractivity contribution is 0.619. The molecule has 0 spiro atoms. The van der Waals surface area contributed by atoms with E-state index in [0.29, 0.717) is 29.4 Å². The van der Waals surface area contributed by atoms with Crippen LogP contribution in [0, 0.1) is 0 Å². The zero-order valence-electron chi connectivity index (χ0n) is 39.1. The Labute approximate surface area is 419 Å². The van der Waals surface area contributed by atoms with Crippen LogP contribution in [0.3, 0.4) is 0 Å². The third-order valence-corrected chi connectivity index (χ3v) is 13.6. The van der Waals surface area contributed by atoms with Crippen LogP contribution >= 0.6 is 0 Å². The number of benzene rings is 10. The Hall–Kier alpha value is -10.1. The van der Waals surface area contributed by atoms with E-state index in [0.717, 1.165) is 111 Å². The number of oxazole rings is 2. The minimum atomic E-state index is 0.543. The van der Waals surface area contributed by atoms with E-state index in [9.17, 15) is 0 Å². The highest BCUT2D eigenvalue weighted by Gasteiger charge is 2.19. The molecule has 0 radical (unpaired) electrons. The number of nitrogens with zero attached hydrogens (tertiary/aromatic N) is 6. The molecule has 0 atom stereocenters. The standard InChI is InChI=1S/C65H40N6O2/c1-3-13-45(14-4-1)63-66-55-39-49(33-35-59(55)72-63)43-29-25-41(26-30-43)47-17-11-19-51(37-47)61-68-62(70-65(69-61)71-57-23-9-7-21-53(57)54-22-8-10-24-58(54)71)52-20-12-18-48(38-52)42-27-31-44(32-28-42)50-34-36-60-56(40-50)67-64(73-60)46-15-5-2-6-16-46/h1-40H. The zero-order chi connectivity index (χ0) is 48.2. The molecule has 0 unspecified atom stereocenters. The summed E-state index contributed by atoms with van der Waals surface area (Å²) in [5.41, 5.74) is 17.4. The number of aromatic nitrogens is 6. The fourth-order valence-electron chi connectivity index (χ4n) is 9.87. The van der Waals surface area contributed by atoms with Gasteiger partial charge in [0.15, 0.2) is 22.8 Å². The van der Waals surface area contributed by atoms with Crippen molar-refractivity contribution in [3.05, 3.63) is 243 Å². The minimum Gasteiger partial charge on any atom is -0.436 e. The van der Waals surface area contributed by atoms with Gasteiger partial charge in [0.05, 0.1) is 11.0 Å². The van der Waals surface area contributed by atoms with E-state index in [1.54, 1.807) is 0 Å². The molecule has 14 rings (SSSR count). The largest absolute Gasteiger partial charge is 0.436 e. The van der Waals surface area contributed by atoms with E-state index in [1.165, 1.54) is 0 Å². The molecule has 4 heterocycles. The van der Waals surface area contributed by atoms with Crippen molar-refractivity contribution < 1.29 is 8.83 Å². The van der Waals surface area contributed by atoms with Crippen molar-refractivity contribution in [3.63, 3.8) is 0 Å². The fourth-order valence-corrected chi connectivity index (χ4v) is 9.87. The monoisotopic (exact) mass is 936 g/mol. The van der Waals surface area contributed by atoms with Crippen molar-refractivity contribution in [1.82, 2.24) is 29.5 Å². The van der Waals surface area contributed by atoms with Crippen LogP contribution in [0.5, 0.6) is 0 Å². The lowest BCUT2D eigenvalue weighted by Gasteiger charge is -2.12. The molecule has 8 heteroatoms.